The maximum absolute atomic E-state index is 12.7. The van der Waals surface area contributed by atoms with Gasteiger partial charge in [0.2, 0.25) is 15.9 Å². The highest BCUT2D eigenvalue weighted by Gasteiger charge is 2.24. The van der Waals surface area contributed by atoms with Gasteiger partial charge in [0.15, 0.2) is 0 Å². The third kappa shape index (κ3) is 4.59. The molecule has 0 saturated carbocycles. The summed E-state index contributed by atoms with van der Waals surface area (Å²) in [7, 11) is -1.51. The molecule has 1 aliphatic heterocycles. The van der Waals surface area contributed by atoms with E-state index in [-0.39, 0.29) is 11.5 Å². The Morgan fingerprint density at radius 3 is 2.59 bits per heavy atom. The lowest BCUT2D eigenvalue weighted by molar-refractivity contribution is -0.114. The Hall–Kier alpha value is -3.02. The Morgan fingerprint density at radius 2 is 1.94 bits per heavy atom. The average Bonchev–Trinajstić information content (AvgIpc) is 3.14. The van der Waals surface area contributed by atoms with Crippen molar-refractivity contribution < 1.29 is 17.6 Å². The van der Waals surface area contributed by atoms with Gasteiger partial charge in [-0.2, -0.15) is 4.31 Å². The first-order valence-corrected chi connectivity index (χ1v) is 12.0. The second-order valence-corrected chi connectivity index (χ2v) is 9.95. The number of aryl methyl sites for hydroxylation is 1. The van der Waals surface area contributed by atoms with Crippen molar-refractivity contribution in [3.05, 3.63) is 46.7 Å². The van der Waals surface area contributed by atoms with Gasteiger partial charge < -0.3 is 14.3 Å². The predicted molar refractivity (Wildman–Crippen MR) is 121 cm³/mol. The average molecular weight is 460 g/mol. The fourth-order valence-electron chi connectivity index (χ4n) is 3.87. The Bertz CT molecular complexity index is 1340. The molecule has 4 rings (SSSR count). The second-order valence-electron chi connectivity index (χ2n) is 7.96. The Morgan fingerprint density at radius 1 is 1.22 bits per heavy atom. The van der Waals surface area contributed by atoms with Crippen molar-refractivity contribution in [1.82, 2.24) is 18.8 Å². The minimum Gasteiger partial charge on any atom is -0.459 e. The van der Waals surface area contributed by atoms with Crippen molar-refractivity contribution in [2.75, 3.05) is 37.8 Å². The molecule has 1 N–H and O–H groups in total. The highest BCUT2D eigenvalue weighted by atomic mass is 32.2. The van der Waals surface area contributed by atoms with Gasteiger partial charge in [-0.05, 0) is 23.8 Å². The highest BCUT2D eigenvalue weighted by Crippen LogP contribution is 2.30. The number of nitrogens with one attached hydrogen (secondary N) is 1. The fourth-order valence-corrected chi connectivity index (χ4v) is 4.70. The molecule has 11 heteroatoms. The van der Waals surface area contributed by atoms with Crippen molar-refractivity contribution in [1.29, 1.82) is 0 Å². The van der Waals surface area contributed by atoms with Gasteiger partial charge >= 0.3 is 0 Å². The van der Waals surface area contributed by atoms with Gasteiger partial charge in [0.1, 0.15) is 17.2 Å². The number of sulfonamides is 1. The zero-order valence-electron chi connectivity index (χ0n) is 18.2. The topological polar surface area (TPSA) is 118 Å². The number of hydrogen-bond acceptors (Lipinski definition) is 7. The van der Waals surface area contributed by atoms with Crippen LogP contribution >= 0.6 is 0 Å². The first-order valence-electron chi connectivity index (χ1n) is 10.2. The van der Waals surface area contributed by atoms with E-state index in [4.69, 9.17) is 4.42 Å². The zero-order valence-corrected chi connectivity index (χ0v) is 19.0. The zero-order chi connectivity index (χ0) is 23.0. The van der Waals surface area contributed by atoms with Crippen molar-refractivity contribution in [2.24, 2.45) is 7.05 Å². The van der Waals surface area contributed by atoms with Crippen LogP contribution in [0, 0.1) is 0 Å². The van der Waals surface area contributed by atoms with Gasteiger partial charge in [0.05, 0.1) is 18.2 Å². The van der Waals surface area contributed by atoms with E-state index in [2.05, 4.69) is 15.2 Å². The van der Waals surface area contributed by atoms with Crippen LogP contribution in [-0.4, -0.2) is 65.5 Å². The number of piperazine rings is 1. The Kier molecular flexibility index (Phi) is 5.89. The highest BCUT2D eigenvalue weighted by molar-refractivity contribution is 7.88. The van der Waals surface area contributed by atoms with Gasteiger partial charge in [-0.15, -0.1) is 0 Å². The van der Waals surface area contributed by atoms with Crippen LogP contribution in [0.4, 0.5) is 5.82 Å². The Labute approximate surface area is 185 Å². The maximum atomic E-state index is 12.7. The lowest BCUT2D eigenvalue weighted by Crippen LogP contribution is -2.47. The smallest absolute Gasteiger partial charge is 0.261 e. The molecule has 0 aliphatic carbocycles. The number of amides is 1. The van der Waals surface area contributed by atoms with Crippen molar-refractivity contribution in [3.8, 4) is 11.1 Å². The quantitative estimate of drug-likeness (QED) is 0.610. The summed E-state index contributed by atoms with van der Waals surface area (Å²) in [4.78, 5) is 30.4. The van der Waals surface area contributed by atoms with Crippen LogP contribution < -0.4 is 10.9 Å². The Balaban J connectivity index is 1.65. The summed E-state index contributed by atoms with van der Waals surface area (Å²) < 4.78 is 32.5. The molecule has 10 nitrogen and oxygen atoms in total. The van der Waals surface area contributed by atoms with Crippen LogP contribution in [-0.2, 0) is 28.4 Å². The molecule has 3 aromatic heterocycles. The van der Waals surface area contributed by atoms with Gasteiger partial charge in [-0.25, -0.2) is 13.4 Å². The normalized spacial score (nSPS) is 15.8. The van der Waals surface area contributed by atoms with Crippen LogP contribution in [0.15, 0.2) is 39.8 Å². The van der Waals surface area contributed by atoms with E-state index in [1.54, 1.807) is 37.6 Å². The maximum Gasteiger partial charge on any atom is 0.261 e. The van der Waals surface area contributed by atoms with E-state index in [0.717, 1.165) is 5.56 Å². The van der Waals surface area contributed by atoms with Crippen LogP contribution in [0.25, 0.3) is 22.1 Å². The molecule has 0 bridgehead atoms. The first kappa shape index (κ1) is 22.2. The van der Waals surface area contributed by atoms with Gasteiger partial charge in [0, 0.05) is 58.1 Å². The summed E-state index contributed by atoms with van der Waals surface area (Å²) in [5.74, 6) is 0.817. The van der Waals surface area contributed by atoms with Crippen molar-refractivity contribution in [3.63, 3.8) is 0 Å². The molecule has 170 valence electrons. The fraction of sp³-hybridized carbons (Fsp3) is 0.381. The number of pyridine rings is 2. The number of carbonyl (C=O) groups is 1. The van der Waals surface area contributed by atoms with E-state index in [1.165, 1.54) is 22.1 Å². The minimum absolute atomic E-state index is 0.170. The molecule has 4 heterocycles. The van der Waals surface area contributed by atoms with Gasteiger partial charge in [0.25, 0.3) is 5.56 Å². The summed E-state index contributed by atoms with van der Waals surface area (Å²) >= 11 is 0. The van der Waals surface area contributed by atoms with E-state index in [0.29, 0.717) is 60.8 Å². The molecule has 0 aromatic carbocycles. The number of fused-ring (bicyclic) bond motifs is 1. The van der Waals surface area contributed by atoms with Gasteiger partial charge in [-0.3, -0.25) is 14.5 Å². The number of aromatic nitrogens is 2. The number of rotatable bonds is 5. The number of nitrogens with zero attached hydrogens (tertiary/aromatic N) is 4. The van der Waals surface area contributed by atoms with E-state index in [9.17, 15) is 18.0 Å². The standard InChI is InChI=1S/C21H25N5O5S/c1-14(27)23-19-10-15(4-5-22-19)18-13-24(2)21(28)17-11-16(31-20(17)18)12-25-6-8-26(9-7-25)32(3,29)30/h4-5,10-11,13H,6-9,12H2,1-3H3,(H,22,23,27). The molecular weight excluding hydrogens is 434 g/mol. The molecule has 1 fully saturated rings. The second kappa shape index (κ2) is 8.49. The molecule has 0 atom stereocenters. The molecule has 1 amide bonds. The summed E-state index contributed by atoms with van der Waals surface area (Å²) in [5, 5.41) is 3.13. The largest absolute Gasteiger partial charge is 0.459 e. The third-order valence-electron chi connectivity index (χ3n) is 5.46. The van der Waals surface area contributed by atoms with Crippen molar-refractivity contribution in [2.45, 2.75) is 13.5 Å². The number of furan rings is 1. The molecular formula is C21H25N5O5S. The molecule has 1 saturated heterocycles. The van der Waals surface area contributed by atoms with E-state index < -0.39 is 10.0 Å². The van der Waals surface area contributed by atoms with Crippen molar-refractivity contribution >= 4 is 32.7 Å². The van der Waals surface area contributed by atoms with Crippen LogP contribution in [0.5, 0.6) is 0 Å². The van der Waals surface area contributed by atoms with Crippen LogP contribution in [0.1, 0.15) is 12.7 Å². The predicted octanol–water partition coefficient (Wildman–Crippen LogP) is 1.23. The SMILES string of the molecule is CC(=O)Nc1cc(-c2cn(C)c(=O)c3cc(CN4CCN(S(C)(=O)=O)CC4)oc23)ccn1. The molecule has 0 spiro atoms. The molecule has 3 aromatic rings. The summed E-state index contributed by atoms with van der Waals surface area (Å²) in [6, 6.07) is 5.27. The number of hydrogen-bond donors (Lipinski definition) is 1. The molecule has 1 aliphatic rings. The monoisotopic (exact) mass is 459 g/mol. The van der Waals surface area contributed by atoms with Crippen LogP contribution in [0.3, 0.4) is 0 Å². The summed E-state index contributed by atoms with van der Waals surface area (Å²) in [6.07, 6.45) is 4.51. The van der Waals surface area contributed by atoms with Gasteiger partial charge in [-0.1, -0.05) is 0 Å². The third-order valence-corrected chi connectivity index (χ3v) is 6.76. The molecule has 32 heavy (non-hydrogen) atoms. The lowest BCUT2D eigenvalue weighted by Gasteiger charge is -2.32. The first-order chi connectivity index (χ1) is 15.1. The number of anilines is 1. The molecule has 0 unspecified atom stereocenters. The molecule has 0 radical (unpaired) electrons. The minimum atomic E-state index is -3.19. The van der Waals surface area contributed by atoms with Crippen LogP contribution in [0.2, 0.25) is 0 Å². The lowest BCUT2D eigenvalue weighted by atomic mass is 10.1. The summed E-state index contributed by atoms with van der Waals surface area (Å²) in [5.41, 5.74) is 1.77. The summed E-state index contributed by atoms with van der Waals surface area (Å²) in [6.45, 7) is 3.90. The van der Waals surface area contributed by atoms with E-state index in [1.807, 2.05) is 0 Å². The number of carbonyl (C=O) groups excluding carboxylic acids is 1. The van der Waals surface area contributed by atoms with E-state index >= 15 is 0 Å².